The van der Waals surface area contributed by atoms with Gasteiger partial charge in [0.1, 0.15) is 0 Å². The van der Waals surface area contributed by atoms with Crippen molar-refractivity contribution in [1.29, 1.82) is 0 Å². The second-order valence-electron chi connectivity index (χ2n) is 4.78. The van der Waals surface area contributed by atoms with E-state index in [-0.39, 0.29) is 18.4 Å². The number of carbonyl (C=O) groups excluding carboxylic acids is 1. The fourth-order valence-corrected chi connectivity index (χ4v) is 2.20. The summed E-state index contributed by atoms with van der Waals surface area (Å²) in [6, 6.07) is 0. The summed E-state index contributed by atoms with van der Waals surface area (Å²) in [5, 5.41) is 9.02. The van der Waals surface area contributed by atoms with Crippen LogP contribution in [-0.4, -0.2) is 42.2 Å². The van der Waals surface area contributed by atoms with Crippen molar-refractivity contribution in [3.8, 4) is 0 Å². The van der Waals surface area contributed by atoms with Gasteiger partial charge in [-0.05, 0) is 38.1 Å². The molecule has 0 aromatic carbocycles. The minimum Gasteiger partial charge on any atom is -0.396 e. The Balaban J connectivity index is 2.32. The van der Waals surface area contributed by atoms with Crippen LogP contribution in [-0.2, 0) is 4.79 Å². The summed E-state index contributed by atoms with van der Waals surface area (Å²) in [5.41, 5.74) is 5.44. The fourth-order valence-electron chi connectivity index (χ4n) is 2.20. The van der Waals surface area contributed by atoms with E-state index in [1.165, 1.54) is 0 Å². The number of nitrogens with two attached hydrogens (primary N) is 1. The maximum atomic E-state index is 12.0. The lowest BCUT2D eigenvalue weighted by Crippen LogP contribution is -2.41. The Morgan fingerprint density at radius 2 is 2.12 bits per heavy atom. The van der Waals surface area contributed by atoms with Gasteiger partial charge in [0, 0.05) is 25.6 Å². The van der Waals surface area contributed by atoms with Crippen LogP contribution in [0.4, 0.5) is 0 Å². The second kappa shape index (κ2) is 6.86. The molecule has 1 rings (SSSR count). The van der Waals surface area contributed by atoms with Gasteiger partial charge in [-0.25, -0.2) is 0 Å². The normalized spacial score (nSPS) is 19.8. The molecular weight excluding hydrogens is 204 g/mol. The largest absolute Gasteiger partial charge is 0.396 e. The molecule has 0 aromatic heterocycles. The van der Waals surface area contributed by atoms with Crippen molar-refractivity contribution in [1.82, 2.24) is 4.90 Å². The Labute approximate surface area is 97.8 Å². The first kappa shape index (κ1) is 13.5. The first-order valence-corrected chi connectivity index (χ1v) is 6.28. The topological polar surface area (TPSA) is 66.6 Å². The number of nitrogens with zero attached hydrogens (tertiary/aromatic N) is 1. The highest BCUT2D eigenvalue weighted by Gasteiger charge is 2.25. The van der Waals surface area contributed by atoms with Gasteiger partial charge in [-0.2, -0.15) is 0 Å². The molecule has 1 fully saturated rings. The van der Waals surface area contributed by atoms with Gasteiger partial charge < -0.3 is 15.7 Å². The Bertz CT molecular complexity index is 213. The third kappa shape index (κ3) is 3.76. The molecule has 1 aliphatic heterocycles. The molecule has 16 heavy (non-hydrogen) atoms. The molecule has 1 saturated heterocycles. The van der Waals surface area contributed by atoms with E-state index in [9.17, 15) is 4.79 Å². The molecule has 0 bridgehead atoms. The summed E-state index contributed by atoms with van der Waals surface area (Å²) in [6.07, 6.45) is 3.67. The number of aliphatic hydroxyl groups is 1. The number of piperidine rings is 1. The zero-order chi connectivity index (χ0) is 12.0. The third-order valence-electron chi connectivity index (χ3n) is 3.45. The number of hydrogen-bond donors (Lipinski definition) is 2. The number of amides is 1. The van der Waals surface area contributed by atoms with E-state index in [2.05, 4.69) is 0 Å². The van der Waals surface area contributed by atoms with E-state index >= 15 is 0 Å². The van der Waals surface area contributed by atoms with Gasteiger partial charge >= 0.3 is 0 Å². The van der Waals surface area contributed by atoms with Crippen molar-refractivity contribution in [2.24, 2.45) is 17.6 Å². The monoisotopic (exact) mass is 228 g/mol. The standard InChI is InChI=1S/C12H24N2O2/c1-10(3-2-6-13)12(16)14-7-4-11(9-15)5-8-14/h10-11,15H,2-9,13H2,1H3. The molecule has 1 atom stereocenters. The van der Waals surface area contributed by atoms with Crippen molar-refractivity contribution in [3.05, 3.63) is 0 Å². The zero-order valence-corrected chi connectivity index (χ0v) is 10.2. The zero-order valence-electron chi connectivity index (χ0n) is 10.2. The lowest BCUT2D eigenvalue weighted by atomic mass is 9.96. The summed E-state index contributed by atoms with van der Waals surface area (Å²) in [7, 11) is 0. The van der Waals surface area contributed by atoms with E-state index in [0.29, 0.717) is 12.5 Å². The molecule has 4 nitrogen and oxygen atoms in total. The van der Waals surface area contributed by atoms with Crippen LogP contribution in [0.15, 0.2) is 0 Å². The molecule has 4 heteroatoms. The Hall–Kier alpha value is -0.610. The highest BCUT2D eigenvalue weighted by atomic mass is 16.3. The first-order valence-electron chi connectivity index (χ1n) is 6.28. The average molecular weight is 228 g/mol. The minimum absolute atomic E-state index is 0.0919. The summed E-state index contributed by atoms with van der Waals surface area (Å²) >= 11 is 0. The number of hydrogen-bond acceptors (Lipinski definition) is 3. The molecule has 0 radical (unpaired) electrons. The maximum Gasteiger partial charge on any atom is 0.225 e. The summed E-state index contributed by atoms with van der Waals surface area (Å²) < 4.78 is 0. The first-order chi connectivity index (χ1) is 7.69. The lowest BCUT2D eigenvalue weighted by Gasteiger charge is -2.32. The van der Waals surface area contributed by atoms with E-state index in [4.69, 9.17) is 10.8 Å². The van der Waals surface area contributed by atoms with Gasteiger partial charge in [0.2, 0.25) is 5.91 Å². The summed E-state index contributed by atoms with van der Waals surface area (Å²) in [4.78, 5) is 14.0. The highest BCUT2D eigenvalue weighted by Crippen LogP contribution is 2.19. The van der Waals surface area contributed by atoms with Crippen molar-refractivity contribution < 1.29 is 9.90 Å². The highest BCUT2D eigenvalue weighted by molar-refractivity contribution is 5.78. The SMILES string of the molecule is CC(CCCN)C(=O)N1CCC(CO)CC1. The van der Waals surface area contributed by atoms with Crippen LogP contribution >= 0.6 is 0 Å². The van der Waals surface area contributed by atoms with Crippen LogP contribution in [0.2, 0.25) is 0 Å². The fraction of sp³-hybridized carbons (Fsp3) is 0.917. The summed E-state index contributed by atoms with van der Waals surface area (Å²) in [5.74, 6) is 0.738. The van der Waals surface area contributed by atoms with Gasteiger partial charge in [0.15, 0.2) is 0 Å². The van der Waals surface area contributed by atoms with Crippen LogP contribution in [0.5, 0.6) is 0 Å². The second-order valence-corrected chi connectivity index (χ2v) is 4.78. The van der Waals surface area contributed by atoms with Crippen molar-refractivity contribution in [2.45, 2.75) is 32.6 Å². The molecule has 0 aromatic rings. The number of aliphatic hydroxyl groups excluding tert-OH is 1. The third-order valence-corrected chi connectivity index (χ3v) is 3.45. The molecule has 1 heterocycles. The van der Waals surface area contributed by atoms with E-state index < -0.39 is 0 Å². The quantitative estimate of drug-likeness (QED) is 0.724. The van der Waals surface area contributed by atoms with Crippen molar-refractivity contribution in [3.63, 3.8) is 0 Å². The van der Waals surface area contributed by atoms with Gasteiger partial charge in [-0.15, -0.1) is 0 Å². The molecule has 1 unspecified atom stereocenters. The van der Waals surface area contributed by atoms with Crippen LogP contribution in [0.25, 0.3) is 0 Å². The smallest absolute Gasteiger partial charge is 0.225 e. The molecule has 1 amide bonds. The van der Waals surface area contributed by atoms with Crippen molar-refractivity contribution >= 4 is 5.91 Å². The molecule has 0 spiro atoms. The average Bonchev–Trinajstić information content (AvgIpc) is 2.35. The molecule has 1 aliphatic rings. The molecule has 0 aliphatic carbocycles. The molecule has 3 N–H and O–H groups in total. The molecule has 94 valence electrons. The van der Waals surface area contributed by atoms with Gasteiger partial charge in [-0.3, -0.25) is 4.79 Å². The maximum absolute atomic E-state index is 12.0. The minimum atomic E-state index is 0.0919. The van der Waals surface area contributed by atoms with Gasteiger partial charge in [-0.1, -0.05) is 6.92 Å². The van der Waals surface area contributed by atoms with E-state index in [1.807, 2.05) is 11.8 Å². The van der Waals surface area contributed by atoms with Crippen LogP contribution in [0.3, 0.4) is 0 Å². The summed E-state index contributed by atoms with van der Waals surface area (Å²) in [6.45, 7) is 4.50. The Morgan fingerprint density at radius 3 is 2.62 bits per heavy atom. The van der Waals surface area contributed by atoms with Gasteiger partial charge in [0.05, 0.1) is 0 Å². The number of carbonyl (C=O) groups is 1. The van der Waals surface area contributed by atoms with Gasteiger partial charge in [0.25, 0.3) is 0 Å². The predicted molar refractivity (Wildman–Crippen MR) is 63.8 cm³/mol. The van der Waals surface area contributed by atoms with Crippen molar-refractivity contribution in [2.75, 3.05) is 26.2 Å². The number of rotatable bonds is 5. The van der Waals surface area contributed by atoms with E-state index in [1.54, 1.807) is 0 Å². The van der Waals surface area contributed by atoms with Crippen LogP contribution in [0.1, 0.15) is 32.6 Å². The predicted octanol–water partition coefficient (Wildman–Crippen LogP) is 0.592. The Morgan fingerprint density at radius 1 is 1.50 bits per heavy atom. The molecule has 0 saturated carbocycles. The molecular formula is C12H24N2O2. The van der Waals surface area contributed by atoms with Crippen LogP contribution in [0, 0.1) is 11.8 Å². The van der Waals surface area contributed by atoms with E-state index in [0.717, 1.165) is 38.8 Å². The van der Waals surface area contributed by atoms with Crippen LogP contribution < -0.4 is 5.73 Å². The number of likely N-dealkylation sites (tertiary alicyclic amines) is 1. The Kier molecular flexibility index (Phi) is 5.77. The lowest BCUT2D eigenvalue weighted by molar-refractivity contribution is -0.136.